The number of aromatic carboxylic acids is 1. The molecule has 3 aromatic heterocycles. The van der Waals surface area contributed by atoms with E-state index in [1.165, 1.54) is 0 Å². The Morgan fingerprint density at radius 3 is 2.56 bits per heavy atom. The van der Waals surface area contributed by atoms with Crippen molar-refractivity contribution in [2.45, 2.75) is 45.2 Å². The lowest BCUT2D eigenvalue weighted by Crippen LogP contribution is -2.22. The molecule has 1 atom stereocenters. The second-order valence-electron chi connectivity index (χ2n) is 9.27. The predicted molar refractivity (Wildman–Crippen MR) is 144 cm³/mol. The molecule has 1 unspecified atom stereocenters. The lowest BCUT2D eigenvalue weighted by molar-refractivity contribution is 0.0703. The van der Waals surface area contributed by atoms with E-state index in [0.29, 0.717) is 18.2 Å². The highest BCUT2D eigenvalue weighted by atomic mass is 32.1. The molecule has 188 valence electrons. The molecule has 0 amide bonds. The number of rotatable bonds is 8. The maximum absolute atomic E-state index is 13.9. The lowest BCUT2D eigenvalue weighted by atomic mass is 9.91. The van der Waals surface area contributed by atoms with Gasteiger partial charge >= 0.3 is 5.97 Å². The van der Waals surface area contributed by atoms with Crippen molar-refractivity contribution < 1.29 is 23.4 Å². The molecule has 1 aromatic carbocycles. The van der Waals surface area contributed by atoms with Crippen molar-refractivity contribution in [2.24, 2.45) is 5.92 Å². The van der Waals surface area contributed by atoms with Crippen LogP contribution in [0, 0.1) is 5.92 Å². The minimum atomic E-state index is -3.28. The Morgan fingerprint density at radius 2 is 1.89 bits per heavy atom. The Morgan fingerprint density at radius 1 is 1.17 bits per heavy atom. The van der Waals surface area contributed by atoms with Crippen molar-refractivity contribution in [3.05, 3.63) is 59.6 Å². The molecule has 4 aromatic rings. The van der Waals surface area contributed by atoms with Crippen LogP contribution in [-0.2, 0) is 9.09 Å². The number of nitrogens with zero attached hydrogens (tertiary/aromatic N) is 1. The van der Waals surface area contributed by atoms with Crippen LogP contribution in [0.3, 0.4) is 0 Å². The molecule has 2 N–H and O–H groups in total. The zero-order valence-corrected chi connectivity index (χ0v) is 22.0. The predicted octanol–water partition coefficient (Wildman–Crippen LogP) is 8.14. The van der Waals surface area contributed by atoms with Crippen LogP contribution < -0.4 is 5.09 Å². The first kappa shape index (κ1) is 24.8. The van der Waals surface area contributed by atoms with Crippen LogP contribution in [0.1, 0.15) is 49.2 Å². The molecule has 0 bridgehead atoms. The average molecular weight is 525 g/mol. The van der Waals surface area contributed by atoms with Crippen molar-refractivity contribution in [1.82, 2.24) is 4.98 Å². The fourth-order valence-corrected chi connectivity index (χ4v) is 8.12. The maximum atomic E-state index is 13.9. The summed E-state index contributed by atoms with van der Waals surface area (Å²) in [5, 5.41) is 13.0. The third kappa shape index (κ3) is 4.99. The molecule has 1 aliphatic carbocycles. The Labute approximate surface area is 214 Å². The van der Waals surface area contributed by atoms with Crippen LogP contribution in [0.2, 0.25) is 0 Å². The number of hydrogen-bond donors (Lipinski definition) is 2. The van der Waals surface area contributed by atoms with Gasteiger partial charge in [0.15, 0.2) is 5.58 Å². The van der Waals surface area contributed by atoms with Gasteiger partial charge in [0, 0.05) is 22.7 Å². The van der Waals surface area contributed by atoms with Crippen LogP contribution >= 0.6 is 18.9 Å². The highest BCUT2D eigenvalue weighted by molar-refractivity contribution is 7.61. The minimum Gasteiger partial charge on any atom is -0.477 e. The van der Waals surface area contributed by atoms with E-state index in [0.717, 1.165) is 69.9 Å². The van der Waals surface area contributed by atoms with Crippen LogP contribution in [0.15, 0.2) is 59.1 Å². The van der Waals surface area contributed by atoms with E-state index in [2.05, 4.69) is 17.0 Å². The van der Waals surface area contributed by atoms with Gasteiger partial charge in [0.05, 0.1) is 18.0 Å². The van der Waals surface area contributed by atoms with Gasteiger partial charge in [0.2, 0.25) is 0 Å². The molecule has 0 saturated heterocycles. The normalized spacial score (nSPS) is 19.7. The van der Waals surface area contributed by atoms with Crippen LogP contribution in [-0.4, -0.2) is 28.3 Å². The highest BCUT2D eigenvalue weighted by Gasteiger charge is 2.38. The number of anilines is 1. The summed E-state index contributed by atoms with van der Waals surface area (Å²) in [4.78, 5) is 17.3. The molecule has 1 saturated carbocycles. The van der Waals surface area contributed by atoms with Gasteiger partial charge in [-0.25, -0.2) is 4.79 Å². The number of benzene rings is 1. The fraction of sp³-hybridized carbons (Fsp3) is 0.333. The Balaban J connectivity index is 1.42. The topological polar surface area (TPSA) is 102 Å². The van der Waals surface area contributed by atoms with Gasteiger partial charge in [-0.1, -0.05) is 31.2 Å². The van der Waals surface area contributed by atoms with Gasteiger partial charge < -0.3 is 19.1 Å². The van der Waals surface area contributed by atoms with Crippen molar-refractivity contribution in [2.75, 3.05) is 11.7 Å². The van der Waals surface area contributed by atoms with Crippen LogP contribution in [0.5, 0.6) is 0 Å². The van der Waals surface area contributed by atoms with Gasteiger partial charge in [-0.15, -0.1) is 11.3 Å². The van der Waals surface area contributed by atoms with Crippen molar-refractivity contribution in [3.8, 4) is 21.8 Å². The van der Waals surface area contributed by atoms with E-state index < -0.39 is 13.5 Å². The summed E-state index contributed by atoms with van der Waals surface area (Å²) in [6, 6.07) is 15.1. The summed E-state index contributed by atoms with van der Waals surface area (Å²) in [5.74, 6) is 0.271. The summed E-state index contributed by atoms with van der Waals surface area (Å²) in [6.45, 7) is 4.32. The SMILES string of the molecule is CCOP(=O)(Nc1cc(-c2ccc(-c3cc4ncccc4o3)cc2)sc1C(=O)O)C1CCC(C)CC1. The molecule has 0 spiro atoms. The van der Waals surface area contributed by atoms with Crippen molar-refractivity contribution >= 4 is 41.6 Å². The molecule has 9 heteroatoms. The Kier molecular flexibility index (Phi) is 7.02. The number of aromatic nitrogens is 1. The summed E-state index contributed by atoms with van der Waals surface area (Å²) in [6.07, 6.45) is 5.34. The number of fused-ring (bicyclic) bond motifs is 1. The molecule has 36 heavy (non-hydrogen) atoms. The summed E-state index contributed by atoms with van der Waals surface area (Å²) in [5.41, 5.74) is 3.52. The molecular weight excluding hydrogens is 495 g/mol. The molecule has 1 fully saturated rings. The smallest absolute Gasteiger partial charge is 0.348 e. The van der Waals surface area contributed by atoms with Gasteiger partial charge in [-0.2, -0.15) is 0 Å². The molecule has 0 aliphatic heterocycles. The second kappa shape index (κ2) is 10.2. The molecule has 0 radical (unpaired) electrons. The second-order valence-corrected chi connectivity index (χ2v) is 12.7. The molecule has 5 rings (SSSR count). The van der Waals surface area contributed by atoms with E-state index in [4.69, 9.17) is 8.94 Å². The number of carbonyl (C=O) groups is 1. The van der Waals surface area contributed by atoms with E-state index in [-0.39, 0.29) is 10.5 Å². The van der Waals surface area contributed by atoms with Gasteiger partial charge in [0.1, 0.15) is 16.2 Å². The monoisotopic (exact) mass is 524 g/mol. The average Bonchev–Trinajstić information content (AvgIpc) is 3.49. The third-order valence-electron chi connectivity index (χ3n) is 6.73. The fourth-order valence-electron chi connectivity index (χ4n) is 4.76. The summed E-state index contributed by atoms with van der Waals surface area (Å²) < 4.78 is 25.6. The van der Waals surface area contributed by atoms with Crippen molar-refractivity contribution in [1.29, 1.82) is 0 Å². The third-order valence-corrected chi connectivity index (χ3v) is 10.6. The number of carboxylic acids is 1. The van der Waals surface area contributed by atoms with E-state index in [9.17, 15) is 14.5 Å². The van der Waals surface area contributed by atoms with E-state index in [1.54, 1.807) is 12.3 Å². The van der Waals surface area contributed by atoms with Gasteiger partial charge in [0.25, 0.3) is 7.52 Å². The first-order chi connectivity index (χ1) is 17.4. The number of nitrogens with one attached hydrogen (secondary N) is 1. The number of carboxylic acid groups (broad SMARTS) is 1. The number of hydrogen-bond acceptors (Lipinski definition) is 6. The van der Waals surface area contributed by atoms with Gasteiger partial charge in [-0.05, 0) is 62.3 Å². The lowest BCUT2D eigenvalue weighted by Gasteiger charge is -2.32. The Hall–Kier alpha value is -2.93. The van der Waals surface area contributed by atoms with Crippen molar-refractivity contribution in [3.63, 3.8) is 0 Å². The molecule has 1 aliphatic rings. The Bertz CT molecular complexity index is 1390. The molecule has 3 heterocycles. The minimum absolute atomic E-state index is 0.115. The zero-order chi connectivity index (χ0) is 25.3. The standard InChI is InChI=1S/C27H29N2O5PS/c1-3-33-35(32,20-12-6-17(2)7-13-20)29-22-16-25(36-26(22)27(30)31)19-10-8-18(9-11-19)24-15-21-23(34-24)5-4-14-28-21/h4-5,8-11,14-17,20H,3,6-7,12-13H2,1-2H3,(H,29,32)(H,30,31). The number of thiophene rings is 1. The van der Waals surface area contributed by atoms with E-state index in [1.807, 2.05) is 49.4 Å². The first-order valence-corrected chi connectivity index (χ1v) is 14.7. The molecular formula is C27H29N2O5PS. The number of furan rings is 1. The summed E-state index contributed by atoms with van der Waals surface area (Å²) in [7, 11) is -3.28. The van der Waals surface area contributed by atoms with Crippen LogP contribution in [0.25, 0.3) is 32.9 Å². The zero-order valence-electron chi connectivity index (χ0n) is 20.3. The number of pyridine rings is 1. The summed E-state index contributed by atoms with van der Waals surface area (Å²) >= 11 is 1.16. The van der Waals surface area contributed by atoms with Gasteiger partial charge in [-0.3, -0.25) is 9.55 Å². The largest absolute Gasteiger partial charge is 0.477 e. The van der Waals surface area contributed by atoms with Crippen LogP contribution in [0.4, 0.5) is 5.69 Å². The maximum Gasteiger partial charge on any atom is 0.348 e. The molecule has 7 nitrogen and oxygen atoms in total. The quantitative estimate of drug-likeness (QED) is 0.224. The first-order valence-electron chi connectivity index (χ1n) is 12.2. The highest BCUT2D eigenvalue weighted by Crippen LogP contribution is 2.57. The van der Waals surface area contributed by atoms with E-state index >= 15 is 0 Å².